The maximum Gasteiger partial charge on any atom is 0.240 e. The summed E-state index contributed by atoms with van der Waals surface area (Å²) in [7, 11) is 0. The molecule has 4 unspecified atom stereocenters. The van der Waals surface area contributed by atoms with Gasteiger partial charge in [-0.25, -0.2) is 0 Å². The quantitative estimate of drug-likeness (QED) is 0.468. The van der Waals surface area contributed by atoms with Gasteiger partial charge in [0.1, 0.15) is 12.1 Å². The Labute approximate surface area is 194 Å². The summed E-state index contributed by atoms with van der Waals surface area (Å²) < 4.78 is 0.826. The van der Waals surface area contributed by atoms with Crippen molar-refractivity contribution in [2.75, 3.05) is 13.1 Å². The van der Waals surface area contributed by atoms with E-state index in [1.165, 1.54) is 4.90 Å². The third-order valence-corrected chi connectivity index (χ3v) is 5.66. The Kier molecular flexibility index (Phi) is 10.6. The Morgan fingerprint density at radius 2 is 1.53 bits per heavy atom. The molecular formula is C20H28Br2N4O4. The van der Waals surface area contributed by atoms with E-state index >= 15 is 0 Å². The fourth-order valence-electron chi connectivity index (χ4n) is 3.65. The van der Waals surface area contributed by atoms with Gasteiger partial charge < -0.3 is 21.3 Å². The molecule has 30 heavy (non-hydrogen) atoms. The van der Waals surface area contributed by atoms with Crippen molar-refractivity contribution in [3.05, 3.63) is 9.47 Å². The molecule has 166 valence electrons. The molecule has 4 amide bonds. The van der Waals surface area contributed by atoms with Crippen molar-refractivity contribution in [1.29, 1.82) is 0 Å². The molecule has 2 heterocycles. The first kappa shape index (κ1) is 26.2. The minimum absolute atomic E-state index is 0.00634. The Balaban J connectivity index is 0.000000303. The number of likely N-dealkylation sites (tertiary alicyclic amines) is 2. The van der Waals surface area contributed by atoms with E-state index in [9.17, 15) is 19.2 Å². The van der Waals surface area contributed by atoms with Gasteiger partial charge in [-0.1, -0.05) is 19.9 Å². The summed E-state index contributed by atoms with van der Waals surface area (Å²) >= 11 is 6.53. The molecule has 0 spiro atoms. The molecule has 8 nitrogen and oxygen atoms in total. The van der Waals surface area contributed by atoms with E-state index in [2.05, 4.69) is 37.8 Å². The van der Waals surface area contributed by atoms with Crippen LogP contribution in [0.15, 0.2) is 9.47 Å². The monoisotopic (exact) mass is 546 g/mol. The summed E-state index contributed by atoms with van der Waals surface area (Å²) in [4.78, 5) is 48.5. The van der Waals surface area contributed by atoms with Crippen LogP contribution in [0.25, 0.3) is 0 Å². The van der Waals surface area contributed by atoms with E-state index in [0.717, 1.165) is 3.39 Å². The van der Waals surface area contributed by atoms with Gasteiger partial charge in [0.2, 0.25) is 23.6 Å². The summed E-state index contributed by atoms with van der Waals surface area (Å²) in [5.41, 5.74) is 10.5. The molecule has 4 N–H and O–H groups in total. The van der Waals surface area contributed by atoms with Crippen molar-refractivity contribution in [3.63, 3.8) is 0 Å². The number of amides is 4. The zero-order chi connectivity index (χ0) is 23.0. The second-order valence-electron chi connectivity index (χ2n) is 7.23. The van der Waals surface area contributed by atoms with Gasteiger partial charge in [0.25, 0.3) is 0 Å². The lowest BCUT2D eigenvalue weighted by Gasteiger charge is -2.24. The average Bonchev–Trinajstić information content (AvgIpc) is 3.18. The molecule has 0 aromatic rings. The van der Waals surface area contributed by atoms with Gasteiger partial charge in [0.15, 0.2) is 0 Å². The Hall–Kier alpha value is -1.86. The number of hydrogen-bond acceptors (Lipinski definition) is 4. The Morgan fingerprint density at radius 3 is 1.90 bits per heavy atom. The van der Waals surface area contributed by atoms with E-state index in [-0.39, 0.29) is 23.7 Å². The van der Waals surface area contributed by atoms with Gasteiger partial charge >= 0.3 is 0 Å². The number of halogens is 2. The summed E-state index contributed by atoms with van der Waals surface area (Å²) in [6.45, 7) is 4.69. The van der Waals surface area contributed by atoms with Crippen LogP contribution in [-0.4, -0.2) is 58.6 Å². The Morgan fingerprint density at radius 1 is 1.07 bits per heavy atom. The number of hydrogen-bond donors (Lipinski definition) is 2. The van der Waals surface area contributed by atoms with Crippen molar-refractivity contribution in [2.24, 2.45) is 23.3 Å². The third kappa shape index (κ3) is 7.13. The van der Waals surface area contributed by atoms with Crippen LogP contribution in [0.4, 0.5) is 0 Å². The van der Waals surface area contributed by atoms with Crippen LogP contribution in [0.5, 0.6) is 0 Å². The number of terminal acetylenes is 1. The zero-order valence-electron chi connectivity index (χ0n) is 17.1. The second kappa shape index (κ2) is 12.1. The highest BCUT2D eigenvalue weighted by Gasteiger charge is 2.36. The second-order valence-corrected chi connectivity index (χ2v) is 10.0. The lowest BCUT2D eigenvalue weighted by molar-refractivity contribution is -0.136. The summed E-state index contributed by atoms with van der Waals surface area (Å²) in [6, 6.07) is -0.971. The van der Waals surface area contributed by atoms with Crippen LogP contribution in [0.1, 0.15) is 39.5 Å². The fraction of sp³-hybridized carbons (Fsp3) is 0.600. The molecule has 10 heteroatoms. The van der Waals surface area contributed by atoms with Gasteiger partial charge in [-0.2, -0.15) is 0 Å². The fourth-order valence-corrected chi connectivity index (χ4v) is 4.39. The van der Waals surface area contributed by atoms with Crippen LogP contribution in [0.3, 0.4) is 0 Å². The summed E-state index contributed by atoms with van der Waals surface area (Å²) in [5, 5.41) is 0. The number of carbonyl (C=O) groups excluding carboxylic acids is 4. The molecule has 4 atom stereocenters. The van der Waals surface area contributed by atoms with Gasteiger partial charge in [0.05, 0.1) is 3.39 Å². The first-order chi connectivity index (χ1) is 14.0. The first-order valence-corrected chi connectivity index (χ1v) is 11.3. The van der Waals surface area contributed by atoms with Gasteiger partial charge in [-0.05, 0) is 44.7 Å². The highest BCUT2D eigenvalue weighted by molar-refractivity contribution is 9.28. The molecule has 0 radical (unpaired) electrons. The number of nitrogens with zero attached hydrogens (tertiary/aromatic N) is 2. The molecule has 0 aromatic heterocycles. The molecule has 0 aliphatic carbocycles. The van der Waals surface area contributed by atoms with Crippen LogP contribution in [0.2, 0.25) is 0 Å². The van der Waals surface area contributed by atoms with Crippen LogP contribution in [-0.2, 0) is 19.2 Å². The number of primary amides is 2. The predicted octanol–water partition coefficient (Wildman–Crippen LogP) is 1.46. The molecule has 2 aliphatic rings. The highest BCUT2D eigenvalue weighted by atomic mass is 79.9. The van der Waals surface area contributed by atoms with Crippen LogP contribution < -0.4 is 11.5 Å². The van der Waals surface area contributed by atoms with Gasteiger partial charge in [0, 0.05) is 37.8 Å². The van der Waals surface area contributed by atoms with Crippen molar-refractivity contribution >= 4 is 55.5 Å². The van der Waals surface area contributed by atoms with E-state index in [1.807, 2.05) is 19.9 Å². The van der Waals surface area contributed by atoms with Crippen LogP contribution >= 0.6 is 31.9 Å². The predicted molar refractivity (Wildman–Crippen MR) is 121 cm³/mol. The van der Waals surface area contributed by atoms with E-state index < -0.39 is 23.9 Å². The van der Waals surface area contributed by atoms with Gasteiger partial charge in [-0.15, -0.1) is 12.3 Å². The highest BCUT2D eigenvalue weighted by Crippen LogP contribution is 2.26. The molecule has 0 aromatic carbocycles. The van der Waals surface area contributed by atoms with Crippen molar-refractivity contribution in [3.8, 4) is 12.3 Å². The molecule has 0 saturated carbocycles. The summed E-state index contributed by atoms with van der Waals surface area (Å²) in [6.07, 6.45) is 9.02. The topological polar surface area (TPSA) is 127 Å². The van der Waals surface area contributed by atoms with Crippen molar-refractivity contribution < 1.29 is 19.2 Å². The van der Waals surface area contributed by atoms with E-state index in [0.29, 0.717) is 38.8 Å². The molecule has 2 fully saturated rings. The lowest BCUT2D eigenvalue weighted by atomic mass is 10.1. The van der Waals surface area contributed by atoms with E-state index in [4.69, 9.17) is 17.9 Å². The lowest BCUT2D eigenvalue weighted by Crippen LogP contribution is -2.45. The van der Waals surface area contributed by atoms with Gasteiger partial charge in [-0.3, -0.25) is 19.2 Å². The Bertz CT molecular complexity index is 746. The zero-order valence-corrected chi connectivity index (χ0v) is 20.3. The minimum Gasteiger partial charge on any atom is -0.368 e. The molecule has 2 rings (SSSR count). The van der Waals surface area contributed by atoms with Crippen molar-refractivity contribution in [1.82, 2.24) is 9.80 Å². The SMILES string of the molecule is C#CC1CC(=O)N(C(CC)C(N)=O)C1.CCC(C(N)=O)N1CC(C=C(Br)Br)CC1=O. The minimum atomic E-state index is -0.499. The van der Waals surface area contributed by atoms with E-state index in [1.54, 1.807) is 4.90 Å². The van der Waals surface area contributed by atoms with Crippen LogP contribution in [0, 0.1) is 24.2 Å². The largest absolute Gasteiger partial charge is 0.368 e. The summed E-state index contributed by atoms with van der Waals surface area (Å²) in [5.74, 6) is 1.62. The average molecular weight is 548 g/mol. The molecule has 0 bridgehead atoms. The molecule has 2 saturated heterocycles. The van der Waals surface area contributed by atoms with Crippen molar-refractivity contribution in [2.45, 2.75) is 51.6 Å². The molecular weight excluding hydrogens is 520 g/mol. The smallest absolute Gasteiger partial charge is 0.240 e. The number of carbonyl (C=O) groups is 4. The first-order valence-electron chi connectivity index (χ1n) is 9.72. The third-order valence-electron chi connectivity index (χ3n) is 5.13. The number of nitrogens with two attached hydrogens (primary N) is 2. The number of rotatable bonds is 7. The molecule has 2 aliphatic heterocycles. The maximum atomic E-state index is 11.7. The standard InChI is InChI=1S/C10H14Br2N2O2.C10H14N2O2/c1-2-7(10(13)16)14-5-6(3-8(11)12)4-9(14)15;1-3-7-5-9(13)12(6-7)8(4-2)10(11)14/h3,6-7H,2,4-5H2,1H3,(H2,13,16);1,7-8H,4-6H2,2H3,(H2,11,14). The normalized spacial score (nSPS) is 22.6. The maximum absolute atomic E-state index is 11.7.